The fraction of sp³-hybridized carbons (Fsp3) is 0.370. The molecule has 11 heteroatoms. The van der Waals surface area contributed by atoms with E-state index >= 15 is 0 Å². The molecule has 0 spiro atoms. The predicted octanol–water partition coefficient (Wildman–Crippen LogP) is 4.82. The number of ether oxygens (including phenoxy) is 2. The SMILES string of the molecule is O=C(Cn1nc(C(=O)O)cc1OCc1ccccc1C(F)(F)F)NC1CCCCC1OCc1ccccc1. The van der Waals surface area contributed by atoms with Crippen LogP contribution in [0, 0.1) is 0 Å². The lowest BCUT2D eigenvalue weighted by Crippen LogP contribution is -2.47. The van der Waals surface area contributed by atoms with Crippen LogP contribution in [0.2, 0.25) is 0 Å². The zero-order chi connectivity index (χ0) is 27.1. The lowest BCUT2D eigenvalue weighted by molar-refractivity contribution is -0.138. The van der Waals surface area contributed by atoms with Gasteiger partial charge in [-0.15, -0.1) is 0 Å². The van der Waals surface area contributed by atoms with E-state index in [9.17, 15) is 27.9 Å². The molecule has 1 aliphatic carbocycles. The molecule has 1 saturated carbocycles. The van der Waals surface area contributed by atoms with Crippen molar-refractivity contribution in [2.75, 3.05) is 0 Å². The molecular formula is C27H28F3N3O5. The van der Waals surface area contributed by atoms with Crippen LogP contribution in [-0.2, 0) is 35.5 Å². The minimum absolute atomic E-state index is 0.130. The maximum atomic E-state index is 13.3. The summed E-state index contributed by atoms with van der Waals surface area (Å²) in [7, 11) is 0. The van der Waals surface area contributed by atoms with Crippen molar-refractivity contribution < 1.29 is 37.3 Å². The van der Waals surface area contributed by atoms with E-state index in [-0.39, 0.29) is 30.1 Å². The molecule has 2 unspecified atom stereocenters. The molecular weight excluding hydrogens is 503 g/mol. The number of alkyl halides is 3. The van der Waals surface area contributed by atoms with Gasteiger partial charge in [-0.05, 0) is 24.5 Å². The van der Waals surface area contributed by atoms with Crippen LogP contribution in [0.4, 0.5) is 13.2 Å². The molecule has 0 saturated heterocycles. The Morgan fingerprint density at radius 1 is 1.03 bits per heavy atom. The Balaban J connectivity index is 1.42. The molecule has 1 amide bonds. The molecule has 202 valence electrons. The normalized spacial score (nSPS) is 17.7. The predicted molar refractivity (Wildman–Crippen MR) is 130 cm³/mol. The summed E-state index contributed by atoms with van der Waals surface area (Å²) < 4.78 is 52.6. The number of halogens is 3. The van der Waals surface area contributed by atoms with E-state index in [4.69, 9.17) is 9.47 Å². The van der Waals surface area contributed by atoms with Gasteiger partial charge in [0.15, 0.2) is 5.69 Å². The minimum Gasteiger partial charge on any atom is -0.476 e. The number of carbonyl (C=O) groups is 2. The van der Waals surface area contributed by atoms with Crippen molar-refractivity contribution in [1.82, 2.24) is 15.1 Å². The third-order valence-electron chi connectivity index (χ3n) is 6.31. The Bertz CT molecular complexity index is 1250. The van der Waals surface area contributed by atoms with Crippen molar-refractivity contribution in [2.24, 2.45) is 0 Å². The van der Waals surface area contributed by atoms with E-state index < -0.39 is 35.9 Å². The zero-order valence-electron chi connectivity index (χ0n) is 20.5. The summed E-state index contributed by atoms with van der Waals surface area (Å²) in [5, 5.41) is 16.2. The van der Waals surface area contributed by atoms with Gasteiger partial charge in [-0.25, -0.2) is 9.48 Å². The summed E-state index contributed by atoms with van der Waals surface area (Å²) in [6, 6.07) is 15.5. The number of nitrogens with one attached hydrogen (secondary N) is 1. The van der Waals surface area contributed by atoms with Crippen LogP contribution < -0.4 is 10.1 Å². The molecule has 38 heavy (non-hydrogen) atoms. The Hall–Kier alpha value is -3.86. The largest absolute Gasteiger partial charge is 0.476 e. The summed E-state index contributed by atoms with van der Waals surface area (Å²) in [5.74, 6) is -1.92. The van der Waals surface area contributed by atoms with Crippen LogP contribution in [0.25, 0.3) is 0 Å². The van der Waals surface area contributed by atoms with Gasteiger partial charge in [0.25, 0.3) is 0 Å². The maximum absolute atomic E-state index is 13.3. The van der Waals surface area contributed by atoms with E-state index in [0.29, 0.717) is 6.61 Å². The van der Waals surface area contributed by atoms with Crippen molar-refractivity contribution in [1.29, 1.82) is 0 Å². The first-order valence-electron chi connectivity index (χ1n) is 12.2. The molecule has 1 fully saturated rings. The molecule has 1 aliphatic rings. The smallest absolute Gasteiger partial charge is 0.416 e. The summed E-state index contributed by atoms with van der Waals surface area (Å²) >= 11 is 0. The molecule has 0 bridgehead atoms. The highest BCUT2D eigenvalue weighted by Crippen LogP contribution is 2.32. The molecule has 4 rings (SSSR count). The second kappa shape index (κ2) is 12.1. The van der Waals surface area contributed by atoms with Gasteiger partial charge in [0.05, 0.1) is 24.3 Å². The van der Waals surface area contributed by atoms with Gasteiger partial charge in [0.1, 0.15) is 13.2 Å². The number of nitrogens with zero attached hydrogens (tertiary/aromatic N) is 2. The van der Waals surface area contributed by atoms with Crippen LogP contribution in [0.15, 0.2) is 60.7 Å². The van der Waals surface area contributed by atoms with Crippen molar-refractivity contribution in [3.63, 3.8) is 0 Å². The first-order valence-corrected chi connectivity index (χ1v) is 12.2. The summed E-state index contributed by atoms with van der Waals surface area (Å²) in [6.07, 6.45) is -1.35. The number of carboxylic acid groups (broad SMARTS) is 1. The third-order valence-corrected chi connectivity index (χ3v) is 6.31. The van der Waals surface area contributed by atoms with Gasteiger partial charge in [-0.3, -0.25) is 4.79 Å². The standard InChI is InChI=1S/C27H28F3N3O5/c28-27(29,30)20-11-5-4-10-19(20)17-38-25-14-22(26(35)36)32-33(25)15-24(34)31-21-12-6-7-13-23(21)37-16-18-8-2-1-3-9-18/h1-5,8-11,14,21,23H,6-7,12-13,15-17H2,(H,31,34)(H,35,36). The van der Waals surface area contributed by atoms with Crippen molar-refractivity contribution in [2.45, 2.75) is 63.8 Å². The van der Waals surface area contributed by atoms with Crippen LogP contribution in [-0.4, -0.2) is 38.9 Å². The molecule has 2 N–H and O–H groups in total. The van der Waals surface area contributed by atoms with Gasteiger partial charge in [0, 0.05) is 11.6 Å². The first kappa shape index (κ1) is 27.2. The second-order valence-corrected chi connectivity index (χ2v) is 9.07. The number of carbonyl (C=O) groups excluding carboxylic acids is 1. The Morgan fingerprint density at radius 3 is 2.47 bits per heavy atom. The number of benzene rings is 2. The highest BCUT2D eigenvalue weighted by molar-refractivity contribution is 5.85. The average molecular weight is 532 g/mol. The van der Waals surface area contributed by atoms with E-state index in [1.165, 1.54) is 18.2 Å². The van der Waals surface area contributed by atoms with Gasteiger partial charge >= 0.3 is 12.1 Å². The number of aromatic nitrogens is 2. The summed E-state index contributed by atoms with van der Waals surface area (Å²) in [4.78, 5) is 24.4. The molecule has 0 radical (unpaired) electrons. The first-order chi connectivity index (χ1) is 18.2. The van der Waals surface area contributed by atoms with Gasteiger partial charge < -0.3 is 19.9 Å². The van der Waals surface area contributed by atoms with Crippen LogP contribution in [0.3, 0.4) is 0 Å². The van der Waals surface area contributed by atoms with E-state index in [1.54, 1.807) is 0 Å². The number of hydrogen-bond acceptors (Lipinski definition) is 5. The van der Waals surface area contributed by atoms with E-state index in [0.717, 1.165) is 48.1 Å². The summed E-state index contributed by atoms with van der Waals surface area (Å²) in [6.45, 7) is -0.443. The monoisotopic (exact) mass is 531 g/mol. The fourth-order valence-corrected chi connectivity index (χ4v) is 4.44. The van der Waals surface area contributed by atoms with Crippen LogP contribution in [0.1, 0.15) is 52.9 Å². The lowest BCUT2D eigenvalue weighted by atomic mass is 9.92. The number of hydrogen-bond donors (Lipinski definition) is 2. The van der Waals surface area contributed by atoms with Crippen LogP contribution in [0.5, 0.6) is 5.88 Å². The highest BCUT2D eigenvalue weighted by Gasteiger charge is 2.33. The fourth-order valence-electron chi connectivity index (χ4n) is 4.44. The minimum atomic E-state index is -4.58. The number of carboxylic acids is 1. The molecule has 1 heterocycles. The number of amides is 1. The zero-order valence-corrected chi connectivity index (χ0v) is 20.5. The maximum Gasteiger partial charge on any atom is 0.416 e. The molecule has 0 aliphatic heterocycles. The highest BCUT2D eigenvalue weighted by atomic mass is 19.4. The van der Waals surface area contributed by atoms with Crippen molar-refractivity contribution >= 4 is 11.9 Å². The third kappa shape index (κ3) is 7.12. The second-order valence-electron chi connectivity index (χ2n) is 9.07. The van der Waals surface area contributed by atoms with Gasteiger partial charge in [0.2, 0.25) is 11.8 Å². The molecule has 1 aromatic heterocycles. The van der Waals surface area contributed by atoms with E-state index in [1.807, 2.05) is 30.3 Å². The van der Waals surface area contributed by atoms with Crippen molar-refractivity contribution in [3.05, 3.63) is 83.0 Å². The quantitative estimate of drug-likeness (QED) is 0.389. The lowest BCUT2D eigenvalue weighted by Gasteiger charge is -2.32. The Labute approximate surface area is 217 Å². The molecule has 2 aromatic carbocycles. The number of aromatic carboxylic acids is 1. The Morgan fingerprint density at radius 2 is 1.74 bits per heavy atom. The van der Waals surface area contributed by atoms with Crippen molar-refractivity contribution in [3.8, 4) is 5.88 Å². The summed E-state index contributed by atoms with van der Waals surface area (Å²) in [5.41, 5.74) is -0.357. The topological polar surface area (TPSA) is 103 Å². The van der Waals surface area contributed by atoms with Crippen LogP contribution >= 0.6 is 0 Å². The average Bonchev–Trinajstić information content (AvgIpc) is 3.30. The molecule has 3 aromatic rings. The molecule has 2 atom stereocenters. The van der Waals surface area contributed by atoms with E-state index in [2.05, 4.69) is 10.4 Å². The van der Waals surface area contributed by atoms with Gasteiger partial charge in [-0.2, -0.15) is 18.3 Å². The van der Waals surface area contributed by atoms with Gasteiger partial charge in [-0.1, -0.05) is 61.4 Å². The Kier molecular flexibility index (Phi) is 8.67. The number of rotatable bonds is 10. The molecule has 8 nitrogen and oxygen atoms in total.